The Hall–Kier alpha value is -1.22. The smallest absolute Gasteiger partial charge is 0.0604 e. The van der Waals surface area contributed by atoms with Gasteiger partial charge in [-0.1, -0.05) is 12.1 Å². The number of anilines is 2. The SMILES string of the molecule is CN1CCN(CCC2CCNCC2)c2ccccc21. The molecule has 19 heavy (non-hydrogen) atoms. The molecule has 0 amide bonds. The number of nitrogens with one attached hydrogen (secondary N) is 1. The van der Waals surface area contributed by atoms with Gasteiger partial charge in [0.15, 0.2) is 0 Å². The second kappa shape index (κ2) is 5.83. The van der Waals surface area contributed by atoms with E-state index in [9.17, 15) is 0 Å². The van der Waals surface area contributed by atoms with Crippen LogP contribution < -0.4 is 15.1 Å². The molecule has 0 aliphatic carbocycles. The van der Waals surface area contributed by atoms with Crippen LogP contribution in [0.15, 0.2) is 24.3 Å². The fourth-order valence-electron chi connectivity index (χ4n) is 3.31. The zero-order valence-corrected chi connectivity index (χ0v) is 11.9. The molecule has 0 saturated carbocycles. The van der Waals surface area contributed by atoms with Crippen LogP contribution >= 0.6 is 0 Å². The van der Waals surface area contributed by atoms with Gasteiger partial charge in [-0.05, 0) is 50.4 Å². The number of fused-ring (bicyclic) bond motifs is 1. The second-order valence-electron chi connectivity index (χ2n) is 5.88. The highest BCUT2D eigenvalue weighted by Crippen LogP contribution is 2.32. The first-order valence-corrected chi connectivity index (χ1v) is 7.60. The normalized spacial score (nSPS) is 20.5. The van der Waals surface area contributed by atoms with Gasteiger partial charge in [-0.15, -0.1) is 0 Å². The van der Waals surface area contributed by atoms with Gasteiger partial charge in [0.05, 0.1) is 11.4 Å². The monoisotopic (exact) mass is 259 g/mol. The van der Waals surface area contributed by atoms with E-state index in [4.69, 9.17) is 0 Å². The fourth-order valence-corrected chi connectivity index (χ4v) is 3.31. The highest BCUT2D eigenvalue weighted by Gasteiger charge is 2.21. The molecular formula is C16H25N3. The van der Waals surface area contributed by atoms with Crippen LogP contribution in [-0.4, -0.2) is 39.8 Å². The van der Waals surface area contributed by atoms with Crippen LogP contribution in [0.25, 0.3) is 0 Å². The van der Waals surface area contributed by atoms with Gasteiger partial charge in [-0.2, -0.15) is 0 Å². The minimum atomic E-state index is 0.924. The van der Waals surface area contributed by atoms with E-state index in [0.29, 0.717) is 0 Å². The number of hydrogen-bond donors (Lipinski definition) is 1. The zero-order valence-electron chi connectivity index (χ0n) is 11.9. The fraction of sp³-hybridized carbons (Fsp3) is 0.625. The van der Waals surface area contributed by atoms with Crippen LogP contribution in [-0.2, 0) is 0 Å². The predicted molar refractivity (Wildman–Crippen MR) is 82.1 cm³/mol. The van der Waals surface area contributed by atoms with Gasteiger partial charge in [-0.3, -0.25) is 0 Å². The highest BCUT2D eigenvalue weighted by molar-refractivity contribution is 5.72. The molecule has 0 bridgehead atoms. The van der Waals surface area contributed by atoms with Crippen LogP contribution in [0.2, 0.25) is 0 Å². The summed E-state index contributed by atoms with van der Waals surface area (Å²) in [6.07, 6.45) is 4.06. The van der Waals surface area contributed by atoms with E-state index in [1.165, 1.54) is 56.8 Å². The average molecular weight is 259 g/mol. The Labute approximate surface area is 116 Å². The van der Waals surface area contributed by atoms with Gasteiger partial charge in [0.1, 0.15) is 0 Å². The van der Waals surface area contributed by atoms with Crippen molar-refractivity contribution < 1.29 is 0 Å². The molecule has 0 aromatic heterocycles. The first kappa shape index (κ1) is 12.8. The van der Waals surface area contributed by atoms with E-state index in [-0.39, 0.29) is 0 Å². The van der Waals surface area contributed by atoms with E-state index in [0.717, 1.165) is 12.5 Å². The van der Waals surface area contributed by atoms with Crippen LogP contribution in [0.5, 0.6) is 0 Å². The van der Waals surface area contributed by atoms with Crippen molar-refractivity contribution in [3.05, 3.63) is 24.3 Å². The number of piperidine rings is 1. The van der Waals surface area contributed by atoms with Crippen molar-refractivity contribution in [2.45, 2.75) is 19.3 Å². The Kier molecular flexibility index (Phi) is 3.92. The summed E-state index contributed by atoms with van der Waals surface area (Å²) in [5.41, 5.74) is 2.81. The molecule has 0 spiro atoms. The third kappa shape index (κ3) is 2.86. The lowest BCUT2D eigenvalue weighted by molar-refractivity contribution is 0.355. The van der Waals surface area contributed by atoms with Crippen molar-refractivity contribution in [1.82, 2.24) is 5.32 Å². The molecule has 1 aromatic carbocycles. The van der Waals surface area contributed by atoms with E-state index in [1.54, 1.807) is 0 Å². The lowest BCUT2D eigenvalue weighted by Gasteiger charge is -2.38. The number of benzene rings is 1. The molecule has 0 unspecified atom stereocenters. The molecule has 1 N–H and O–H groups in total. The molecular weight excluding hydrogens is 234 g/mol. The minimum Gasteiger partial charge on any atom is -0.371 e. The third-order valence-corrected chi connectivity index (χ3v) is 4.60. The van der Waals surface area contributed by atoms with Crippen molar-refractivity contribution >= 4 is 11.4 Å². The van der Waals surface area contributed by atoms with E-state index >= 15 is 0 Å². The first-order chi connectivity index (χ1) is 9.34. The summed E-state index contributed by atoms with van der Waals surface area (Å²) < 4.78 is 0. The quantitative estimate of drug-likeness (QED) is 0.899. The van der Waals surface area contributed by atoms with Crippen molar-refractivity contribution in [2.75, 3.05) is 49.6 Å². The molecule has 1 fully saturated rings. The largest absolute Gasteiger partial charge is 0.371 e. The molecule has 0 radical (unpaired) electrons. The molecule has 1 saturated heterocycles. The van der Waals surface area contributed by atoms with Crippen LogP contribution in [0.4, 0.5) is 11.4 Å². The standard InChI is InChI=1S/C16H25N3/c1-18-12-13-19(16-5-3-2-4-15(16)18)11-8-14-6-9-17-10-7-14/h2-5,14,17H,6-13H2,1H3. The number of nitrogens with zero attached hydrogens (tertiary/aromatic N) is 2. The van der Waals surface area contributed by atoms with E-state index in [1.807, 2.05) is 0 Å². The van der Waals surface area contributed by atoms with Crippen molar-refractivity contribution in [3.8, 4) is 0 Å². The van der Waals surface area contributed by atoms with Crippen molar-refractivity contribution in [2.24, 2.45) is 5.92 Å². The molecule has 3 nitrogen and oxygen atoms in total. The van der Waals surface area contributed by atoms with Gasteiger partial charge in [-0.25, -0.2) is 0 Å². The highest BCUT2D eigenvalue weighted by atomic mass is 15.2. The topological polar surface area (TPSA) is 18.5 Å². The zero-order chi connectivity index (χ0) is 13.1. The lowest BCUT2D eigenvalue weighted by Crippen LogP contribution is -2.40. The third-order valence-electron chi connectivity index (χ3n) is 4.60. The Morgan fingerprint density at radius 1 is 1.11 bits per heavy atom. The molecule has 2 aliphatic rings. The van der Waals surface area contributed by atoms with Gasteiger partial charge in [0, 0.05) is 26.7 Å². The maximum absolute atomic E-state index is 3.45. The summed E-state index contributed by atoms with van der Waals surface area (Å²) in [6, 6.07) is 8.82. The maximum Gasteiger partial charge on any atom is 0.0604 e. The number of para-hydroxylation sites is 2. The number of likely N-dealkylation sites (N-methyl/N-ethyl adjacent to an activating group) is 1. The van der Waals surface area contributed by atoms with Gasteiger partial charge in [0.2, 0.25) is 0 Å². The summed E-state index contributed by atoms with van der Waals surface area (Å²) in [6.45, 7) is 5.95. The summed E-state index contributed by atoms with van der Waals surface area (Å²) in [5, 5.41) is 3.45. The Balaban J connectivity index is 1.64. The minimum absolute atomic E-state index is 0.924. The van der Waals surface area contributed by atoms with Crippen molar-refractivity contribution in [3.63, 3.8) is 0 Å². The molecule has 1 aromatic rings. The molecule has 2 heterocycles. The molecule has 2 aliphatic heterocycles. The molecule has 3 rings (SSSR count). The summed E-state index contributed by atoms with van der Waals surface area (Å²) in [7, 11) is 2.20. The van der Waals surface area contributed by atoms with Crippen LogP contribution in [0.3, 0.4) is 0 Å². The first-order valence-electron chi connectivity index (χ1n) is 7.60. The summed E-state index contributed by atoms with van der Waals surface area (Å²) in [5.74, 6) is 0.924. The van der Waals surface area contributed by atoms with Crippen LogP contribution in [0, 0.1) is 5.92 Å². The Morgan fingerprint density at radius 2 is 1.84 bits per heavy atom. The maximum atomic E-state index is 3.45. The van der Waals surface area contributed by atoms with E-state index < -0.39 is 0 Å². The molecule has 0 atom stereocenters. The number of hydrogen-bond acceptors (Lipinski definition) is 3. The molecule has 3 heteroatoms. The van der Waals surface area contributed by atoms with Gasteiger partial charge < -0.3 is 15.1 Å². The number of rotatable bonds is 3. The Morgan fingerprint density at radius 3 is 2.63 bits per heavy atom. The average Bonchev–Trinajstić information content (AvgIpc) is 2.48. The predicted octanol–water partition coefficient (Wildman–Crippen LogP) is 2.33. The van der Waals surface area contributed by atoms with E-state index in [2.05, 4.69) is 46.4 Å². The summed E-state index contributed by atoms with van der Waals surface area (Å²) in [4.78, 5) is 4.95. The molecule has 104 valence electrons. The van der Waals surface area contributed by atoms with Crippen molar-refractivity contribution in [1.29, 1.82) is 0 Å². The van der Waals surface area contributed by atoms with Crippen LogP contribution in [0.1, 0.15) is 19.3 Å². The lowest BCUT2D eigenvalue weighted by atomic mass is 9.94. The second-order valence-corrected chi connectivity index (χ2v) is 5.88. The van der Waals surface area contributed by atoms with Gasteiger partial charge in [0.25, 0.3) is 0 Å². The van der Waals surface area contributed by atoms with Gasteiger partial charge >= 0.3 is 0 Å². The summed E-state index contributed by atoms with van der Waals surface area (Å²) >= 11 is 0. The Bertz CT molecular complexity index is 412.